The van der Waals surface area contributed by atoms with Crippen molar-refractivity contribution in [1.82, 2.24) is 24.8 Å². The summed E-state index contributed by atoms with van der Waals surface area (Å²) in [7, 11) is 0. The van der Waals surface area contributed by atoms with E-state index in [9.17, 15) is 19.8 Å². The number of carboxylic acids is 1. The number of nitrogens with one attached hydrogen (secondary N) is 1. The molecule has 31 heavy (non-hydrogen) atoms. The fourth-order valence-corrected chi connectivity index (χ4v) is 3.56. The normalized spacial score (nSPS) is 24.2. The van der Waals surface area contributed by atoms with E-state index in [1.54, 1.807) is 0 Å². The van der Waals surface area contributed by atoms with Gasteiger partial charge in [-0.15, -0.1) is 0 Å². The van der Waals surface area contributed by atoms with Crippen molar-refractivity contribution in [2.75, 3.05) is 5.73 Å². The molecule has 3 aromatic rings. The summed E-state index contributed by atoms with van der Waals surface area (Å²) >= 11 is 0. The molecule has 0 aliphatic carbocycles. The molecule has 1 amide bonds. The van der Waals surface area contributed by atoms with Gasteiger partial charge in [-0.05, 0) is 12.0 Å². The Morgan fingerprint density at radius 3 is 2.68 bits per heavy atom. The van der Waals surface area contributed by atoms with E-state index >= 15 is 0 Å². The summed E-state index contributed by atoms with van der Waals surface area (Å²) in [5.41, 5.74) is 13.1. The molecule has 1 fully saturated rings. The molecule has 3 heterocycles. The number of carbonyl (C=O) groups excluding carboxylic acids is 1. The van der Waals surface area contributed by atoms with Gasteiger partial charge in [0.15, 0.2) is 23.8 Å². The van der Waals surface area contributed by atoms with E-state index in [0.717, 1.165) is 5.56 Å². The average molecular weight is 427 g/mol. The van der Waals surface area contributed by atoms with Crippen LogP contribution in [0.2, 0.25) is 0 Å². The van der Waals surface area contributed by atoms with Crippen LogP contribution in [0.3, 0.4) is 0 Å². The summed E-state index contributed by atoms with van der Waals surface area (Å²) in [4.78, 5) is 36.4. The van der Waals surface area contributed by atoms with Crippen molar-refractivity contribution in [2.45, 2.75) is 36.9 Å². The Kier molecular flexibility index (Phi) is 5.50. The number of aliphatic hydroxyl groups is 1. The first-order valence-electron chi connectivity index (χ1n) is 9.46. The lowest BCUT2D eigenvalue weighted by Gasteiger charge is -2.22. The van der Waals surface area contributed by atoms with Crippen LogP contribution < -0.4 is 16.8 Å². The minimum atomic E-state index is -1.51. The molecule has 7 N–H and O–H groups in total. The van der Waals surface area contributed by atoms with Gasteiger partial charge in [0, 0.05) is 0 Å². The highest BCUT2D eigenvalue weighted by Crippen LogP contribution is 2.32. The van der Waals surface area contributed by atoms with Crippen LogP contribution in [0.1, 0.15) is 11.8 Å². The van der Waals surface area contributed by atoms with E-state index in [0.29, 0.717) is 0 Å². The molecule has 1 aliphatic heterocycles. The van der Waals surface area contributed by atoms with Gasteiger partial charge in [0.05, 0.1) is 18.4 Å². The number of aliphatic hydroxyl groups excluding tert-OH is 1. The molecule has 5 unspecified atom stereocenters. The number of rotatable bonds is 6. The zero-order valence-electron chi connectivity index (χ0n) is 16.2. The van der Waals surface area contributed by atoms with Crippen LogP contribution in [0.5, 0.6) is 0 Å². The SMILES string of the molecule is Nc1ncnc2c1ncn2C1OC(C(=O)O)C(NC(=O)C(N)Cc2ccccc2)C1O. The summed E-state index contributed by atoms with van der Waals surface area (Å²) in [6.07, 6.45) is -1.32. The molecule has 0 spiro atoms. The Morgan fingerprint density at radius 1 is 1.23 bits per heavy atom. The molecular formula is C19H21N7O5. The number of imidazole rings is 1. The minimum Gasteiger partial charge on any atom is -0.479 e. The second-order valence-corrected chi connectivity index (χ2v) is 7.19. The van der Waals surface area contributed by atoms with Gasteiger partial charge in [-0.3, -0.25) is 9.36 Å². The molecule has 4 rings (SSSR count). The fraction of sp³-hybridized carbons (Fsp3) is 0.316. The molecule has 2 aromatic heterocycles. The second kappa shape index (κ2) is 8.26. The zero-order valence-corrected chi connectivity index (χ0v) is 16.2. The van der Waals surface area contributed by atoms with Gasteiger partial charge in [0.2, 0.25) is 5.91 Å². The maximum absolute atomic E-state index is 12.6. The van der Waals surface area contributed by atoms with Crippen molar-refractivity contribution >= 4 is 28.9 Å². The van der Waals surface area contributed by atoms with Gasteiger partial charge in [-0.2, -0.15) is 0 Å². The molecule has 0 bridgehead atoms. The lowest BCUT2D eigenvalue weighted by Crippen LogP contribution is -2.54. The maximum Gasteiger partial charge on any atom is 0.335 e. The van der Waals surface area contributed by atoms with Crippen molar-refractivity contribution in [3.8, 4) is 0 Å². The highest BCUT2D eigenvalue weighted by molar-refractivity contribution is 5.84. The van der Waals surface area contributed by atoms with Crippen LogP contribution in [0, 0.1) is 0 Å². The highest BCUT2D eigenvalue weighted by Gasteiger charge is 2.49. The van der Waals surface area contributed by atoms with E-state index in [-0.39, 0.29) is 23.4 Å². The predicted octanol–water partition coefficient (Wildman–Crippen LogP) is -1.19. The number of aromatic nitrogens is 4. The first-order valence-corrected chi connectivity index (χ1v) is 9.46. The van der Waals surface area contributed by atoms with E-state index in [2.05, 4.69) is 20.3 Å². The number of nitrogens with two attached hydrogens (primary N) is 2. The van der Waals surface area contributed by atoms with E-state index in [1.807, 2.05) is 30.3 Å². The molecule has 0 saturated carbocycles. The fourth-order valence-electron chi connectivity index (χ4n) is 3.56. The second-order valence-electron chi connectivity index (χ2n) is 7.19. The largest absolute Gasteiger partial charge is 0.479 e. The standard InChI is InChI=1S/C19H21N7O5/c20-10(6-9-4-2-1-3-5-9)17(28)25-11-13(27)18(31-14(11)19(29)30)26-8-24-12-15(21)22-7-23-16(12)26/h1-5,7-8,10-11,13-14,18,27H,6,20H2,(H,25,28)(H,29,30)(H2,21,22,23). The molecular weight excluding hydrogens is 406 g/mol. The number of benzene rings is 1. The number of nitrogen functional groups attached to an aromatic ring is 1. The van der Waals surface area contributed by atoms with E-state index < -0.39 is 42.4 Å². The molecule has 1 aromatic carbocycles. The summed E-state index contributed by atoms with van der Waals surface area (Å²) in [6, 6.07) is 6.97. The highest BCUT2D eigenvalue weighted by atomic mass is 16.6. The molecule has 0 radical (unpaired) electrons. The number of fused-ring (bicyclic) bond motifs is 1. The predicted molar refractivity (Wildman–Crippen MR) is 107 cm³/mol. The Balaban J connectivity index is 1.54. The third-order valence-electron chi connectivity index (χ3n) is 5.12. The molecule has 12 nitrogen and oxygen atoms in total. The smallest absolute Gasteiger partial charge is 0.335 e. The number of anilines is 1. The van der Waals surface area contributed by atoms with Crippen LogP contribution >= 0.6 is 0 Å². The topological polar surface area (TPSA) is 192 Å². The number of ether oxygens (including phenoxy) is 1. The zero-order chi connectivity index (χ0) is 22.1. The lowest BCUT2D eigenvalue weighted by atomic mass is 10.0. The van der Waals surface area contributed by atoms with Crippen molar-refractivity contribution < 1.29 is 24.5 Å². The Labute approximate surface area is 175 Å². The van der Waals surface area contributed by atoms with Gasteiger partial charge < -0.3 is 31.7 Å². The van der Waals surface area contributed by atoms with Gasteiger partial charge in [-0.1, -0.05) is 30.3 Å². The minimum absolute atomic E-state index is 0.128. The average Bonchev–Trinajstić information content (AvgIpc) is 3.31. The third kappa shape index (κ3) is 3.91. The Bertz CT molecular complexity index is 1110. The van der Waals surface area contributed by atoms with Crippen LogP contribution in [-0.2, 0) is 20.7 Å². The van der Waals surface area contributed by atoms with Gasteiger partial charge in [0.1, 0.15) is 17.9 Å². The quantitative estimate of drug-likeness (QED) is 0.319. The van der Waals surface area contributed by atoms with Gasteiger partial charge in [0.25, 0.3) is 0 Å². The molecule has 162 valence electrons. The first-order chi connectivity index (χ1) is 14.9. The number of amides is 1. The summed E-state index contributed by atoms with van der Waals surface area (Å²) in [6.45, 7) is 0. The number of aliphatic carboxylic acids is 1. The Morgan fingerprint density at radius 2 is 1.97 bits per heavy atom. The molecule has 1 aliphatic rings. The van der Waals surface area contributed by atoms with Crippen LogP contribution in [0.15, 0.2) is 43.0 Å². The van der Waals surface area contributed by atoms with Crippen molar-refractivity contribution in [3.63, 3.8) is 0 Å². The summed E-state index contributed by atoms with van der Waals surface area (Å²) < 4.78 is 6.91. The first kappa shape index (κ1) is 20.7. The van der Waals surface area contributed by atoms with Crippen molar-refractivity contribution in [3.05, 3.63) is 48.5 Å². The third-order valence-corrected chi connectivity index (χ3v) is 5.12. The van der Waals surface area contributed by atoms with Crippen LogP contribution in [-0.4, -0.2) is 65.9 Å². The Hall–Kier alpha value is -3.61. The van der Waals surface area contributed by atoms with Crippen molar-refractivity contribution in [1.29, 1.82) is 0 Å². The lowest BCUT2D eigenvalue weighted by molar-refractivity contribution is -0.152. The molecule has 1 saturated heterocycles. The van der Waals surface area contributed by atoms with Crippen LogP contribution in [0.4, 0.5) is 5.82 Å². The van der Waals surface area contributed by atoms with Crippen LogP contribution in [0.25, 0.3) is 11.2 Å². The monoisotopic (exact) mass is 427 g/mol. The number of carboxylic acid groups (broad SMARTS) is 1. The number of nitrogens with zero attached hydrogens (tertiary/aromatic N) is 4. The van der Waals surface area contributed by atoms with Gasteiger partial charge in [-0.25, -0.2) is 19.7 Å². The number of carbonyl (C=O) groups is 2. The van der Waals surface area contributed by atoms with E-state index in [1.165, 1.54) is 17.2 Å². The summed E-state index contributed by atoms with van der Waals surface area (Å²) in [5.74, 6) is -1.82. The summed E-state index contributed by atoms with van der Waals surface area (Å²) in [5, 5.41) is 22.9. The number of hydrogen-bond donors (Lipinski definition) is 5. The number of hydrogen-bond acceptors (Lipinski definition) is 9. The van der Waals surface area contributed by atoms with Crippen molar-refractivity contribution in [2.24, 2.45) is 5.73 Å². The molecule has 5 atom stereocenters. The van der Waals surface area contributed by atoms with Gasteiger partial charge >= 0.3 is 5.97 Å². The molecule has 12 heteroatoms. The maximum atomic E-state index is 12.6. The van der Waals surface area contributed by atoms with E-state index in [4.69, 9.17) is 16.2 Å².